The lowest BCUT2D eigenvalue weighted by molar-refractivity contribution is -0.137. The number of aromatic nitrogens is 2. The minimum atomic E-state index is -0.220. The first-order valence-electron chi connectivity index (χ1n) is 8.31. The van der Waals surface area contributed by atoms with Crippen LogP contribution in [-0.4, -0.2) is 52.1 Å². The first-order valence-corrected chi connectivity index (χ1v) is 8.31. The summed E-state index contributed by atoms with van der Waals surface area (Å²) >= 11 is 0. The van der Waals surface area contributed by atoms with E-state index in [1.807, 2.05) is 36.2 Å². The van der Waals surface area contributed by atoms with Crippen molar-refractivity contribution in [3.63, 3.8) is 0 Å². The third-order valence-corrected chi connectivity index (χ3v) is 5.26. The standard InChI is InChI=1S/C17H22N4O2/c1-10-19-7-4-12(20-10)11-5-8-21(9-6-11)17(22)15-13-2-3-14(23-13)16(15)18/h2-4,7,11,13-16H,5-6,8-9,18H2,1H3/t13-,14+,15-,16+/m0/s1. The molecule has 0 radical (unpaired) electrons. The monoisotopic (exact) mass is 314 g/mol. The van der Waals surface area contributed by atoms with Crippen molar-refractivity contribution in [2.24, 2.45) is 11.7 Å². The fraction of sp³-hybridized carbons (Fsp3) is 0.588. The summed E-state index contributed by atoms with van der Waals surface area (Å²) in [7, 11) is 0. The van der Waals surface area contributed by atoms with Gasteiger partial charge in [0, 0.05) is 36.9 Å². The molecule has 0 spiro atoms. The number of nitrogens with two attached hydrogens (primary N) is 1. The number of carbonyl (C=O) groups excluding carboxylic acids is 1. The van der Waals surface area contributed by atoms with Gasteiger partial charge >= 0.3 is 0 Å². The number of rotatable bonds is 2. The maximum Gasteiger partial charge on any atom is 0.230 e. The van der Waals surface area contributed by atoms with Crippen molar-refractivity contribution >= 4 is 5.91 Å². The predicted octanol–water partition coefficient (Wildman–Crippen LogP) is 0.772. The molecule has 0 saturated carbocycles. The molecule has 6 heteroatoms. The Hall–Kier alpha value is -1.79. The molecule has 1 aromatic heterocycles. The molecule has 4 atom stereocenters. The number of fused-ring (bicyclic) bond motifs is 2. The van der Waals surface area contributed by atoms with Gasteiger partial charge in [-0.25, -0.2) is 9.97 Å². The third-order valence-electron chi connectivity index (χ3n) is 5.26. The van der Waals surface area contributed by atoms with Crippen LogP contribution in [0.4, 0.5) is 0 Å². The van der Waals surface area contributed by atoms with Crippen molar-refractivity contribution < 1.29 is 9.53 Å². The number of piperidine rings is 1. The number of carbonyl (C=O) groups is 1. The zero-order chi connectivity index (χ0) is 16.0. The maximum absolute atomic E-state index is 12.8. The molecule has 4 heterocycles. The average Bonchev–Trinajstić information content (AvgIpc) is 3.15. The fourth-order valence-electron chi connectivity index (χ4n) is 3.95. The van der Waals surface area contributed by atoms with Gasteiger partial charge in [0.15, 0.2) is 0 Å². The summed E-state index contributed by atoms with van der Waals surface area (Å²) in [5, 5.41) is 0. The Labute approximate surface area is 135 Å². The number of likely N-dealkylation sites (tertiary alicyclic amines) is 1. The molecular formula is C17H22N4O2. The number of aryl methyl sites for hydroxylation is 1. The Bertz CT molecular complexity index is 639. The molecule has 23 heavy (non-hydrogen) atoms. The van der Waals surface area contributed by atoms with E-state index >= 15 is 0 Å². The van der Waals surface area contributed by atoms with E-state index in [4.69, 9.17) is 10.5 Å². The molecule has 1 aromatic rings. The zero-order valence-corrected chi connectivity index (χ0v) is 13.3. The highest BCUT2D eigenvalue weighted by molar-refractivity contribution is 5.81. The molecule has 3 aliphatic rings. The van der Waals surface area contributed by atoms with Gasteiger partial charge in [-0.3, -0.25) is 4.79 Å². The minimum absolute atomic E-state index is 0.0875. The van der Waals surface area contributed by atoms with Crippen LogP contribution in [0.1, 0.15) is 30.3 Å². The first kappa shape index (κ1) is 14.8. The van der Waals surface area contributed by atoms with Gasteiger partial charge in [0.05, 0.1) is 18.1 Å². The molecule has 2 bridgehead atoms. The largest absolute Gasteiger partial charge is 0.364 e. The second kappa shape index (κ2) is 5.69. The Morgan fingerprint density at radius 2 is 2.04 bits per heavy atom. The lowest BCUT2D eigenvalue weighted by Gasteiger charge is -2.35. The van der Waals surface area contributed by atoms with Crippen LogP contribution in [0.25, 0.3) is 0 Å². The molecule has 6 nitrogen and oxygen atoms in total. The summed E-state index contributed by atoms with van der Waals surface area (Å²) in [6, 6.07) is 1.78. The Kier molecular flexibility index (Phi) is 3.66. The van der Waals surface area contributed by atoms with Crippen LogP contribution >= 0.6 is 0 Å². The molecule has 0 aliphatic carbocycles. The van der Waals surface area contributed by atoms with Crippen molar-refractivity contribution in [3.05, 3.63) is 35.9 Å². The van der Waals surface area contributed by atoms with Crippen molar-refractivity contribution in [2.75, 3.05) is 13.1 Å². The van der Waals surface area contributed by atoms with Crippen molar-refractivity contribution in [1.29, 1.82) is 0 Å². The van der Waals surface area contributed by atoms with E-state index in [-0.39, 0.29) is 30.1 Å². The molecule has 2 fully saturated rings. The maximum atomic E-state index is 12.8. The van der Waals surface area contributed by atoms with E-state index in [9.17, 15) is 4.79 Å². The van der Waals surface area contributed by atoms with Gasteiger partial charge in [-0.05, 0) is 25.8 Å². The average molecular weight is 314 g/mol. The fourth-order valence-corrected chi connectivity index (χ4v) is 3.95. The van der Waals surface area contributed by atoms with Crippen LogP contribution in [0.3, 0.4) is 0 Å². The summed E-state index contributed by atoms with van der Waals surface area (Å²) in [5.41, 5.74) is 7.26. The number of ether oxygens (including phenoxy) is 1. The highest BCUT2D eigenvalue weighted by atomic mass is 16.5. The van der Waals surface area contributed by atoms with Gasteiger partial charge in [-0.1, -0.05) is 12.2 Å². The van der Waals surface area contributed by atoms with Gasteiger partial charge in [0.2, 0.25) is 5.91 Å². The zero-order valence-electron chi connectivity index (χ0n) is 13.3. The van der Waals surface area contributed by atoms with E-state index in [2.05, 4.69) is 9.97 Å². The van der Waals surface area contributed by atoms with Crippen LogP contribution in [0.15, 0.2) is 24.4 Å². The normalized spacial score (nSPS) is 33.4. The third kappa shape index (κ3) is 2.56. The Morgan fingerprint density at radius 3 is 2.70 bits per heavy atom. The minimum Gasteiger partial charge on any atom is -0.364 e. The molecule has 0 unspecified atom stereocenters. The highest BCUT2D eigenvalue weighted by Gasteiger charge is 2.49. The number of hydrogen-bond acceptors (Lipinski definition) is 5. The van der Waals surface area contributed by atoms with Crippen molar-refractivity contribution in [3.8, 4) is 0 Å². The van der Waals surface area contributed by atoms with Gasteiger partial charge < -0.3 is 15.4 Å². The van der Waals surface area contributed by atoms with E-state index < -0.39 is 0 Å². The number of hydrogen-bond donors (Lipinski definition) is 1. The van der Waals surface area contributed by atoms with Crippen LogP contribution in [-0.2, 0) is 9.53 Å². The van der Waals surface area contributed by atoms with Gasteiger partial charge in [-0.2, -0.15) is 0 Å². The highest BCUT2D eigenvalue weighted by Crippen LogP contribution is 2.35. The predicted molar refractivity (Wildman–Crippen MR) is 84.6 cm³/mol. The SMILES string of the molecule is Cc1nccc(C2CCN(C(=O)[C@@H]3[C@H](N)[C@H]4C=C[C@@H]3O4)CC2)n1. The molecule has 2 saturated heterocycles. The smallest absolute Gasteiger partial charge is 0.230 e. The summed E-state index contributed by atoms with van der Waals surface area (Å²) in [6.45, 7) is 3.43. The number of amides is 1. The quantitative estimate of drug-likeness (QED) is 0.816. The molecule has 122 valence electrons. The van der Waals surface area contributed by atoms with E-state index in [0.29, 0.717) is 5.92 Å². The summed E-state index contributed by atoms with van der Waals surface area (Å²) < 4.78 is 5.71. The first-order chi connectivity index (χ1) is 11.1. The van der Waals surface area contributed by atoms with E-state index in [1.54, 1.807) is 0 Å². The molecular weight excluding hydrogens is 292 g/mol. The van der Waals surface area contributed by atoms with Crippen LogP contribution in [0.5, 0.6) is 0 Å². The Morgan fingerprint density at radius 1 is 1.30 bits per heavy atom. The van der Waals surface area contributed by atoms with E-state index in [0.717, 1.165) is 37.4 Å². The van der Waals surface area contributed by atoms with Crippen molar-refractivity contribution in [1.82, 2.24) is 14.9 Å². The summed E-state index contributed by atoms with van der Waals surface area (Å²) in [6.07, 6.45) is 7.42. The molecule has 0 aromatic carbocycles. The van der Waals surface area contributed by atoms with Gasteiger partial charge in [-0.15, -0.1) is 0 Å². The lowest BCUT2D eigenvalue weighted by Crippen LogP contribution is -2.50. The Balaban J connectivity index is 1.40. The molecule has 1 amide bonds. The summed E-state index contributed by atoms with van der Waals surface area (Å²) in [4.78, 5) is 23.4. The van der Waals surface area contributed by atoms with Crippen molar-refractivity contribution in [2.45, 2.75) is 43.9 Å². The summed E-state index contributed by atoms with van der Waals surface area (Å²) in [5.74, 6) is 1.14. The van der Waals surface area contributed by atoms with Crippen LogP contribution in [0.2, 0.25) is 0 Å². The topological polar surface area (TPSA) is 81.3 Å². The second-order valence-corrected chi connectivity index (χ2v) is 6.68. The van der Waals surface area contributed by atoms with Gasteiger partial charge in [0.1, 0.15) is 5.82 Å². The van der Waals surface area contributed by atoms with Crippen LogP contribution in [0, 0.1) is 12.8 Å². The molecule has 2 N–H and O–H groups in total. The van der Waals surface area contributed by atoms with E-state index in [1.165, 1.54) is 0 Å². The van der Waals surface area contributed by atoms with Crippen LogP contribution < -0.4 is 5.73 Å². The lowest BCUT2D eigenvalue weighted by atomic mass is 9.87. The second-order valence-electron chi connectivity index (χ2n) is 6.68. The molecule has 3 aliphatic heterocycles. The number of nitrogens with zero attached hydrogens (tertiary/aromatic N) is 3. The van der Waals surface area contributed by atoms with Gasteiger partial charge in [0.25, 0.3) is 0 Å². The molecule has 4 rings (SSSR count).